The number of benzene rings is 2. The number of fused-ring (bicyclic) bond motifs is 2. The quantitative estimate of drug-likeness (QED) is 0.539. The van der Waals surface area contributed by atoms with E-state index in [2.05, 4.69) is 15.0 Å². The lowest BCUT2D eigenvalue weighted by Crippen LogP contribution is -2.39. The van der Waals surface area contributed by atoms with Crippen LogP contribution in [0.5, 0.6) is 5.75 Å². The van der Waals surface area contributed by atoms with Crippen molar-refractivity contribution in [1.29, 1.82) is 0 Å². The third-order valence-corrected chi connectivity index (χ3v) is 5.90. The highest BCUT2D eigenvalue weighted by Gasteiger charge is 2.33. The van der Waals surface area contributed by atoms with E-state index < -0.39 is 0 Å². The second-order valence-electron chi connectivity index (χ2n) is 7.57. The van der Waals surface area contributed by atoms with Crippen LogP contribution in [0.2, 0.25) is 0 Å². The number of hydrogen-bond acceptors (Lipinski definition) is 3. The summed E-state index contributed by atoms with van der Waals surface area (Å²) in [5.74, 6) is 0.207. The second-order valence-corrected chi connectivity index (χ2v) is 7.57. The molecule has 0 saturated carbocycles. The molecule has 152 valence electrons. The Hall–Kier alpha value is -3.61. The highest BCUT2D eigenvalue weighted by atomic mass is 19.1. The van der Waals surface area contributed by atoms with E-state index in [1.54, 1.807) is 24.4 Å². The normalized spacial score (nSPS) is 16.0. The monoisotopic (exact) mass is 404 g/mol. The fraction of sp³-hybridized carbons (Fsp3) is 0.217. The summed E-state index contributed by atoms with van der Waals surface area (Å²) in [7, 11) is 1.63. The predicted octanol–water partition coefficient (Wildman–Crippen LogP) is 4.14. The third-order valence-electron chi connectivity index (χ3n) is 5.90. The van der Waals surface area contributed by atoms with E-state index in [9.17, 15) is 9.18 Å². The number of halogens is 1. The molecule has 1 unspecified atom stereocenters. The Morgan fingerprint density at radius 3 is 2.77 bits per heavy atom. The van der Waals surface area contributed by atoms with Gasteiger partial charge in [0.2, 0.25) is 0 Å². The largest absolute Gasteiger partial charge is 0.497 e. The molecule has 0 saturated heterocycles. The molecule has 0 bridgehead atoms. The summed E-state index contributed by atoms with van der Waals surface area (Å²) in [6, 6.07) is 12.7. The number of aryl methyl sites for hydroxylation is 1. The van der Waals surface area contributed by atoms with Gasteiger partial charge in [-0.25, -0.2) is 9.37 Å². The van der Waals surface area contributed by atoms with Crippen LogP contribution in [0.4, 0.5) is 4.39 Å². The summed E-state index contributed by atoms with van der Waals surface area (Å²) < 4.78 is 19.5. The minimum atomic E-state index is -0.361. The van der Waals surface area contributed by atoms with Crippen molar-refractivity contribution >= 4 is 16.8 Å². The van der Waals surface area contributed by atoms with Crippen molar-refractivity contribution < 1.29 is 13.9 Å². The van der Waals surface area contributed by atoms with E-state index >= 15 is 0 Å². The molecule has 1 amide bonds. The average Bonchev–Trinajstić information content (AvgIpc) is 3.38. The molecule has 1 aliphatic rings. The van der Waals surface area contributed by atoms with Crippen molar-refractivity contribution in [2.75, 3.05) is 13.7 Å². The Kier molecular flexibility index (Phi) is 4.31. The van der Waals surface area contributed by atoms with E-state index in [0.717, 1.165) is 33.7 Å². The minimum absolute atomic E-state index is 0.0590. The molecule has 2 N–H and O–H groups in total. The topological polar surface area (TPSA) is 74.0 Å². The van der Waals surface area contributed by atoms with Gasteiger partial charge in [0.15, 0.2) is 0 Å². The number of ether oxygens (including phenoxy) is 1. The number of methoxy groups -OCH3 is 1. The van der Waals surface area contributed by atoms with E-state index in [-0.39, 0.29) is 17.6 Å². The number of amides is 1. The molecule has 30 heavy (non-hydrogen) atoms. The Morgan fingerprint density at radius 1 is 1.23 bits per heavy atom. The van der Waals surface area contributed by atoms with Crippen molar-refractivity contribution in [1.82, 2.24) is 19.9 Å². The average molecular weight is 404 g/mol. The lowest BCUT2D eigenvalue weighted by atomic mass is 9.90. The number of para-hydroxylation sites is 1. The van der Waals surface area contributed by atoms with Crippen molar-refractivity contribution in [3.05, 3.63) is 82.8 Å². The first-order valence-electron chi connectivity index (χ1n) is 9.79. The summed E-state index contributed by atoms with van der Waals surface area (Å²) in [6.07, 6.45) is 1.67. The number of aromatic amines is 2. The van der Waals surface area contributed by atoms with Gasteiger partial charge >= 0.3 is 0 Å². The van der Waals surface area contributed by atoms with Gasteiger partial charge in [-0.15, -0.1) is 0 Å². The van der Waals surface area contributed by atoms with E-state index in [0.29, 0.717) is 24.3 Å². The molecule has 2 aromatic heterocycles. The number of nitrogens with one attached hydrogen (secondary N) is 2. The molecule has 4 aromatic rings. The number of carbonyl (C=O) groups is 1. The van der Waals surface area contributed by atoms with Gasteiger partial charge in [0.1, 0.15) is 17.3 Å². The molecule has 1 atom stereocenters. The number of carbonyl (C=O) groups excluding carboxylic acids is 1. The van der Waals surface area contributed by atoms with Crippen molar-refractivity contribution in [3.63, 3.8) is 0 Å². The van der Waals surface area contributed by atoms with E-state index in [4.69, 9.17) is 4.74 Å². The van der Waals surface area contributed by atoms with Gasteiger partial charge in [-0.05, 0) is 36.2 Å². The van der Waals surface area contributed by atoms with Crippen molar-refractivity contribution in [3.8, 4) is 5.75 Å². The summed E-state index contributed by atoms with van der Waals surface area (Å²) in [5.41, 5.74) is 4.46. The number of hydrogen-bond donors (Lipinski definition) is 2. The smallest absolute Gasteiger partial charge is 0.270 e. The molecule has 3 heterocycles. The summed E-state index contributed by atoms with van der Waals surface area (Å²) in [5, 5.41) is 0.726. The molecule has 2 aromatic carbocycles. The summed E-state index contributed by atoms with van der Waals surface area (Å²) >= 11 is 0. The van der Waals surface area contributed by atoms with Crippen LogP contribution in [0.15, 0.2) is 48.8 Å². The van der Waals surface area contributed by atoms with Gasteiger partial charge in [-0.2, -0.15) is 0 Å². The molecule has 5 rings (SSSR count). The van der Waals surface area contributed by atoms with Crippen LogP contribution in [0, 0.1) is 12.7 Å². The number of rotatable bonds is 3. The molecule has 7 heteroatoms. The molecular weight excluding hydrogens is 383 g/mol. The zero-order valence-corrected chi connectivity index (χ0v) is 16.7. The van der Waals surface area contributed by atoms with Gasteiger partial charge in [-0.1, -0.05) is 24.3 Å². The molecule has 0 aliphatic carbocycles. The van der Waals surface area contributed by atoms with Crippen LogP contribution in [-0.4, -0.2) is 39.4 Å². The zero-order valence-electron chi connectivity index (χ0n) is 16.7. The fourth-order valence-electron chi connectivity index (χ4n) is 4.26. The molecule has 0 spiro atoms. The van der Waals surface area contributed by atoms with Crippen LogP contribution in [0.3, 0.4) is 0 Å². The number of aromatic nitrogens is 3. The number of H-pyrrole nitrogens is 2. The molecule has 1 aliphatic heterocycles. The lowest BCUT2D eigenvalue weighted by Gasteiger charge is -2.32. The lowest BCUT2D eigenvalue weighted by molar-refractivity contribution is 0.0716. The van der Waals surface area contributed by atoms with Gasteiger partial charge in [0.25, 0.3) is 5.91 Å². The van der Waals surface area contributed by atoms with E-state index in [1.165, 1.54) is 6.07 Å². The van der Waals surface area contributed by atoms with Crippen LogP contribution in [0.25, 0.3) is 10.9 Å². The highest BCUT2D eigenvalue weighted by Crippen LogP contribution is 2.34. The van der Waals surface area contributed by atoms with Crippen LogP contribution < -0.4 is 4.74 Å². The third kappa shape index (κ3) is 2.85. The van der Waals surface area contributed by atoms with Gasteiger partial charge in [-0.3, -0.25) is 4.79 Å². The minimum Gasteiger partial charge on any atom is -0.497 e. The highest BCUT2D eigenvalue weighted by molar-refractivity contribution is 6.01. The Morgan fingerprint density at radius 2 is 2.03 bits per heavy atom. The van der Waals surface area contributed by atoms with Crippen LogP contribution in [0.1, 0.15) is 38.9 Å². The van der Waals surface area contributed by atoms with Crippen LogP contribution in [-0.2, 0) is 6.54 Å². The summed E-state index contributed by atoms with van der Waals surface area (Å²) in [4.78, 5) is 25.9. The van der Waals surface area contributed by atoms with Gasteiger partial charge in [0.05, 0.1) is 36.9 Å². The first-order valence-corrected chi connectivity index (χ1v) is 9.79. The SMILES string of the molecule is COc1ccc(C2CN(C(=O)c3[nH]c4c(F)cccc4c3C)Cc3[nH]cnc32)cc1. The molecular formula is C23H21FN4O2. The maximum Gasteiger partial charge on any atom is 0.270 e. The maximum absolute atomic E-state index is 14.2. The number of imidazole rings is 1. The van der Waals surface area contributed by atoms with Crippen molar-refractivity contribution in [2.24, 2.45) is 0 Å². The fourth-order valence-corrected chi connectivity index (χ4v) is 4.26. The van der Waals surface area contributed by atoms with Crippen molar-refractivity contribution in [2.45, 2.75) is 19.4 Å². The summed E-state index contributed by atoms with van der Waals surface area (Å²) in [6.45, 7) is 2.76. The molecule has 6 nitrogen and oxygen atoms in total. The first-order chi connectivity index (χ1) is 14.6. The van der Waals surface area contributed by atoms with E-state index in [1.807, 2.05) is 37.3 Å². The second kappa shape index (κ2) is 7.02. The zero-order chi connectivity index (χ0) is 20.8. The maximum atomic E-state index is 14.2. The Labute approximate surface area is 172 Å². The Bertz CT molecular complexity index is 1240. The Balaban J connectivity index is 1.52. The molecule has 0 radical (unpaired) electrons. The van der Waals surface area contributed by atoms with Gasteiger partial charge < -0.3 is 19.6 Å². The number of nitrogens with zero attached hydrogens (tertiary/aromatic N) is 2. The van der Waals surface area contributed by atoms with Crippen LogP contribution >= 0.6 is 0 Å². The molecule has 0 fully saturated rings. The standard InChI is InChI=1S/C23H21FN4O2/c1-13-16-4-3-5-18(24)21(16)27-20(13)23(29)28-10-17(22-19(11-28)25-12-26-22)14-6-8-15(30-2)9-7-14/h3-9,12,17,27H,10-11H2,1-2H3,(H,25,26). The predicted molar refractivity (Wildman–Crippen MR) is 111 cm³/mol. The first kappa shape index (κ1) is 18.4. The van der Waals surface area contributed by atoms with Gasteiger partial charge in [0, 0.05) is 17.8 Å².